The van der Waals surface area contributed by atoms with E-state index in [1.54, 1.807) is 7.11 Å². The van der Waals surface area contributed by atoms with Crippen molar-refractivity contribution in [3.63, 3.8) is 0 Å². The second-order valence-corrected chi connectivity index (χ2v) is 10.3. The highest BCUT2D eigenvalue weighted by Crippen LogP contribution is 2.38. The summed E-state index contributed by atoms with van der Waals surface area (Å²) in [6.07, 6.45) is 4.71. The van der Waals surface area contributed by atoms with E-state index in [4.69, 9.17) is 27.1 Å². The molecule has 3 aromatic rings. The summed E-state index contributed by atoms with van der Waals surface area (Å²) in [5.74, 6) is 7.68. The van der Waals surface area contributed by atoms with E-state index in [0.717, 1.165) is 39.4 Å². The van der Waals surface area contributed by atoms with Gasteiger partial charge in [0.25, 0.3) is 0 Å². The summed E-state index contributed by atoms with van der Waals surface area (Å²) in [6, 6.07) is 10.1. The predicted molar refractivity (Wildman–Crippen MR) is 142 cm³/mol. The number of hydrogen-bond acceptors (Lipinski definition) is 4. The van der Waals surface area contributed by atoms with Crippen LogP contribution in [-0.4, -0.2) is 18.1 Å². The highest BCUT2D eigenvalue weighted by atomic mass is 35.5. The van der Waals surface area contributed by atoms with E-state index in [0.29, 0.717) is 15.9 Å². The summed E-state index contributed by atoms with van der Waals surface area (Å²) in [5.41, 5.74) is 10.3. The van der Waals surface area contributed by atoms with Crippen LogP contribution < -0.4 is 10.5 Å². The molecule has 2 atom stereocenters. The lowest BCUT2D eigenvalue weighted by molar-refractivity contribution is 0.271. The number of rotatable bonds is 6. The maximum atomic E-state index is 13.5. The Balaban J connectivity index is 0.00000324. The first kappa shape index (κ1) is 26.5. The van der Waals surface area contributed by atoms with Crippen LogP contribution in [0.15, 0.2) is 36.4 Å². The molecule has 1 unspecified atom stereocenters. The molecule has 34 heavy (non-hydrogen) atoms. The topological polar surface area (TPSA) is 48.1 Å². The largest absolute Gasteiger partial charge is 0.496 e. The third kappa shape index (κ3) is 5.93. The molecule has 0 aliphatic heterocycles. The van der Waals surface area contributed by atoms with Crippen molar-refractivity contribution in [1.29, 1.82) is 0 Å². The summed E-state index contributed by atoms with van der Waals surface area (Å²) in [7, 11) is 1.63. The molecule has 4 rings (SSSR count). The van der Waals surface area contributed by atoms with Gasteiger partial charge in [0.1, 0.15) is 11.6 Å². The number of methoxy groups -OCH3 is 1. The standard InChI is InChI=1S/C27H28ClFN2OS.ClH/c1-16-13-22(23(28)15-25(16)32-3)27-17(2)33-26(31-27)12-11-24(30)21(14-18-5-4-6-18)19-7-9-20(29)10-8-19;/h7-10,13,15,18,21,24H,4-6,14,30H2,1-3H3;1H/t21?,24-;/m1./s1. The molecule has 1 aromatic heterocycles. The molecule has 7 heteroatoms. The summed E-state index contributed by atoms with van der Waals surface area (Å²) in [5, 5.41) is 1.31. The van der Waals surface area contributed by atoms with Crippen molar-refractivity contribution in [1.82, 2.24) is 4.98 Å². The number of hydrogen-bond donors (Lipinski definition) is 1. The van der Waals surface area contributed by atoms with Gasteiger partial charge in [-0.1, -0.05) is 48.9 Å². The number of ether oxygens (including phenoxy) is 1. The first-order chi connectivity index (χ1) is 15.9. The minimum Gasteiger partial charge on any atom is -0.496 e. The summed E-state index contributed by atoms with van der Waals surface area (Å²) in [4.78, 5) is 5.80. The molecule has 1 saturated carbocycles. The fourth-order valence-corrected chi connectivity index (χ4v) is 5.33. The first-order valence-electron chi connectivity index (χ1n) is 11.2. The Morgan fingerprint density at radius 3 is 2.56 bits per heavy atom. The molecule has 1 aliphatic carbocycles. The maximum absolute atomic E-state index is 13.5. The number of benzene rings is 2. The van der Waals surface area contributed by atoms with E-state index < -0.39 is 0 Å². The molecule has 0 spiro atoms. The van der Waals surface area contributed by atoms with Gasteiger partial charge in [0.15, 0.2) is 5.01 Å². The smallest absolute Gasteiger partial charge is 0.167 e. The van der Waals surface area contributed by atoms with Gasteiger partial charge in [-0.05, 0) is 67.5 Å². The first-order valence-corrected chi connectivity index (χ1v) is 12.4. The monoisotopic (exact) mass is 518 g/mol. The minimum absolute atomic E-state index is 0. The fraction of sp³-hybridized carbons (Fsp3) is 0.370. The van der Waals surface area contributed by atoms with Gasteiger partial charge in [-0.15, -0.1) is 23.7 Å². The summed E-state index contributed by atoms with van der Waals surface area (Å²) in [6.45, 7) is 4.00. The molecule has 180 valence electrons. The average Bonchev–Trinajstić information content (AvgIpc) is 3.14. The zero-order valence-corrected chi connectivity index (χ0v) is 21.9. The third-order valence-electron chi connectivity index (χ3n) is 6.43. The average molecular weight is 520 g/mol. The molecule has 1 aliphatic rings. The zero-order valence-electron chi connectivity index (χ0n) is 19.5. The molecule has 1 heterocycles. The van der Waals surface area contributed by atoms with Gasteiger partial charge in [-0.2, -0.15) is 0 Å². The predicted octanol–water partition coefficient (Wildman–Crippen LogP) is 7.30. The van der Waals surface area contributed by atoms with E-state index in [1.807, 2.05) is 38.1 Å². The third-order valence-corrected chi connectivity index (χ3v) is 7.62. The van der Waals surface area contributed by atoms with Crippen LogP contribution in [0.5, 0.6) is 5.75 Å². The quantitative estimate of drug-likeness (QED) is 0.348. The van der Waals surface area contributed by atoms with Crippen LogP contribution in [0.25, 0.3) is 11.3 Å². The van der Waals surface area contributed by atoms with Crippen molar-refractivity contribution in [2.24, 2.45) is 11.7 Å². The van der Waals surface area contributed by atoms with Crippen molar-refractivity contribution in [2.45, 2.75) is 51.5 Å². The van der Waals surface area contributed by atoms with E-state index >= 15 is 0 Å². The summed E-state index contributed by atoms with van der Waals surface area (Å²) < 4.78 is 18.8. The van der Waals surface area contributed by atoms with Gasteiger partial charge in [-0.25, -0.2) is 9.37 Å². The molecule has 0 amide bonds. The molecule has 2 aromatic carbocycles. The van der Waals surface area contributed by atoms with E-state index in [2.05, 4.69) is 11.8 Å². The molecular formula is C27H29Cl2FN2OS. The van der Waals surface area contributed by atoms with Crippen LogP contribution in [0.3, 0.4) is 0 Å². The Kier molecular flexibility index (Phi) is 9.01. The van der Waals surface area contributed by atoms with Gasteiger partial charge >= 0.3 is 0 Å². The van der Waals surface area contributed by atoms with Crippen molar-refractivity contribution in [3.8, 4) is 28.8 Å². The van der Waals surface area contributed by atoms with Crippen LogP contribution >= 0.6 is 35.3 Å². The highest BCUT2D eigenvalue weighted by Gasteiger charge is 2.26. The molecule has 3 nitrogen and oxygen atoms in total. The molecule has 0 bridgehead atoms. The number of nitrogens with zero attached hydrogens (tertiary/aromatic N) is 1. The molecule has 1 fully saturated rings. The van der Waals surface area contributed by atoms with Gasteiger partial charge in [0, 0.05) is 16.4 Å². The fourth-order valence-electron chi connectivity index (χ4n) is 4.30. The lowest BCUT2D eigenvalue weighted by Gasteiger charge is -2.31. The normalized spacial score (nSPS) is 14.9. The van der Waals surface area contributed by atoms with Crippen molar-refractivity contribution in [3.05, 3.63) is 68.2 Å². The number of halogens is 3. The van der Waals surface area contributed by atoms with Crippen molar-refractivity contribution in [2.75, 3.05) is 7.11 Å². The summed E-state index contributed by atoms with van der Waals surface area (Å²) >= 11 is 8.05. The Morgan fingerprint density at radius 1 is 1.24 bits per heavy atom. The van der Waals surface area contributed by atoms with Gasteiger partial charge in [-0.3, -0.25) is 0 Å². The highest BCUT2D eigenvalue weighted by molar-refractivity contribution is 7.12. The van der Waals surface area contributed by atoms with Crippen LogP contribution in [0.4, 0.5) is 4.39 Å². The second kappa shape index (κ2) is 11.6. The van der Waals surface area contributed by atoms with E-state index in [-0.39, 0.29) is 30.2 Å². The van der Waals surface area contributed by atoms with Crippen LogP contribution in [0.1, 0.15) is 52.6 Å². The molecular weight excluding hydrogens is 490 g/mol. The van der Waals surface area contributed by atoms with Gasteiger partial charge in [0.2, 0.25) is 0 Å². The molecule has 2 N–H and O–H groups in total. The number of aromatic nitrogens is 1. The SMILES string of the molecule is COc1cc(Cl)c(-c2nc(C#C[C@@H](N)C(CC3CCC3)c3ccc(F)cc3)sc2C)cc1C.Cl. The van der Waals surface area contributed by atoms with Crippen molar-refractivity contribution >= 4 is 35.3 Å². The maximum Gasteiger partial charge on any atom is 0.167 e. The lowest BCUT2D eigenvalue weighted by Crippen LogP contribution is -2.30. The Bertz CT molecular complexity index is 1200. The Morgan fingerprint density at radius 2 is 1.94 bits per heavy atom. The van der Waals surface area contributed by atoms with Crippen LogP contribution in [0.2, 0.25) is 5.02 Å². The van der Waals surface area contributed by atoms with E-state index in [1.165, 1.54) is 42.7 Å². The van der Waals surface area contributed by atoms with Crippen LogP contribution in [-0.2, 0) is 0 Å². The lowest BCUT2D eigenvalue weighted by atomic mass is 9.75. The van der Waals surface area contributed by atoms with E-state index in [9.17, 15) is 4.39 Å². The number of aryl methyl sites for hydroxylation is 2. The number of thiazole rings is 1. The van der Waals surface area contributed by atoms with Gasteiger partial charge < -0.3 is 10.5 Å². The van der Waals surface area contributed by atoms with Gasteiger partial charge in [0.05, 0.1) is 23.9 Å². The molecule has 0 saturated heterocycles. The Hall–Kier alpha value is -2.10. The minimum atomic E-state index is -0.351. The number of nitrogens with two attached hydrogens (primary N) is 1. The van der Waals surface area contributed by atoms with Crippen LogP contribution in [0, 0.1) is 37.4 Å². The Labute approximate surface area is 216 Å². The second-order valence-electron chi connectivity index (χ2n) is 8.71. The zero-order chi connectivity index (χ0) is 23.5. The molecule has 0 radical (unpaired) electrons. The van der Waals surface area contributed by atoms with Crippen molar-refractivity contribution < 1.29 is 9.13 Å².